The van der Waals surface area contributed by atoms with Gasteiger partial charge < -0.3 is 15.1 Å². The molecule has 0 aromatic carbocycles. The number of terminal acetylenes is 1. The lowest BCUT2D eigenvalue weighted by Gasteiger charge is -2.21. The van der Waals surface area contributed by atoms with Gasteiger partial charge in [-0.05, 0) is 13.2 Å². The highest BCUT2D eigenvalue weighted by Gasteiger charge is 2.20. The number of aliphatic hydroxyl groups is 1. The van der Waals surface area contributed by atoms with Crippen molar-refractivity contribution in [3.63, 3.8) is 0 Å². The number of aliphatic carboxylic acids is 1. The Kier molecular flexibility index (Phi) is 32.0. The molecule has 0 spiro atoms. The molecule has 0 fully saturated rings. The van der Waals surface area contributed by atoms with Crippen molar-refractivity contribution in [2.75, 3.05) is 26.2 Å². The van der Waals surface area contributed by atoms with E-state index < -0.39 is 12.0 Å². The Morgan fingerprint density at radius 3 is 1.95 bits per heavy atom. The molecule has 0 saturated heterocycles. The van der Waals surface area contributed by atoms with Gasteiger partial charge in [0, 0.05) is 26.3 Å². The Morgan fingerprint density at radius 1 is 1.25 bits per heavy atom. The Bertz CT molecular complexity index is 248. The van der Waals surface area contributed by atoms with Crippen molar-refractivity contribution >= 4 is 33.5 Å². The Labute approximate surface area is 130 Å². The standard InChI is InChI=1S/C8H15NO3S2.C2H6.C2H2.CH4O/c1-6(8(11)12)9(2)7(10)4-5-14-13-3;3*1-2/h6H,4-5H2,1-3H3,(H,11,12);1-2H3;1-2H;2H,1H3. The molecular formula is C13H27NO4S2. The maximum absolute atomic E-state index is 11.4. The number of carbonyl (C=O) groups is 2. The largest absolute Gasteiger partial charge is 0.480 e. The van der Waals surface area contributed by atoms with Crippen LogP contribution in [-0.4, -0.2) is 59.2 Å². The number of aliphatic hydroxyl groups excluding tert-OH is 1. The number of hydrogen-bond donors (Lipinski definition) is 2. The second-order valence-electron chi connectivity index (χ2n) is 2.76. The number of carboxylic acid groups (broad SMARTS) is 1. The lowest BCUT2D eigenvalue weighted by Crippen LogP contribution is -2.40. The quantitative estimate of drug-likeness (QED) is 0.443. The van der Waals surface area contributed by atoms with Crippen LogP contribution in [0.3, 0.4) is 0 Å². The average molecular weight is 325 g/mol. The van der Waals surface area contributed by atoms with Gasteiger partial charge in [-0.25, -0.2) is 4.79 Å². The minimum atomic E-state index is -0.974. The molecule has 0 saturated carbocycles. The van der Waals surface area contributed by atoms with Gasteiger partial charge in [0.2, 0.25) is 5.91 Å². The number of likely N-dealkylation sites (N-methyl/N-ethyl adjacent to an activating group) is 1. The summed E-state index contributed by atoms with van der Waals surface area (Å²) in [6, 6.07) is -0.748. The van der Waals surface area contributed by atoms with Crippen LogP contribution in [0.25, 0.3) is 0 Å². The zero-order valence-corrected chi connectivity index (χ0v) is 14.8. The minimum Gasteiger partial charge on any atom is -0.480 e. The summed E-state index contributed by atoms with van der Waals surface area (Å²) in [5.41, 5.74) is 0. The second-order valence-corrected chi connectivity index (χ2v) is 5.44. The van der Waals surface area contributed by atoms with E-state index in [0.29, 0.717) is 6.42 Å². The zero-order chi connectivity index (χ0) is 17.1. The first kappa shape index (κ1) is 27.5. The topological polar surface area (TPSA) is 77.8 Å². The first-order valence-electron chi connectivity index (χ1n) is 5.92. The fourth-order valence-electron chi connectivity index (χ4n) is 0.770. The summed E-state index contributed by atoms with van der Waals surface area (Å²) in [7, 11) is 5.71. The third-order valence-electron chi connectivity index (χ3n) is 1.85. The molecule has 0 aliphatic heterocycles. The Morgan fingerprint density at radius 2 is 1.65 bits per heavy atom. The van der Waals surface area contributed by atoms with Crippen molar-refractivity contribution in [2.45, 2.75) is 33.2 Å². The van der Waals surface area contributed by atoms with Crippen molar-refractivity contribution in [1.29, 1.82) is 0 Å². The number of nitrogens with zero attached hydrogens (tertiary/aromatic N) is 1. The van der Waals surface area contributed by atoms with Gasteiger partial charge in [-0.2, -0.15) is 0 Å². The van der Waals surface area contributed by atoms with Crippen molar-refractivity contribution in [1.82, 2.24) is 4.90 Å². The van der Waals surface area contributed by atoms with Crippen LogP contribution >= 0.6 is 21.6 Å². The van der Waals surface area contributed by atoms with Crippen LogP contribution in [-0.2, 0) is 9.59 Å². The van der Waals surface area contributed by atoms with E-state index in [1.165, 1.54) is 18.9 Å². The molecule has 0 radical (unpaired) electrons. The van der Waals surface area contributed by atoms with Crippen LogP contribution in [0, 0.1) is 12.8 Å². The molecule has 1 atom stereocenters. The molecule has 0 aliphatic carbocycles. The molecule has 2 N–H and O–H groups in total. The molecule has 1 amide bonds. The molecule has 0 aliphatic rings. The molecule has 5 nitrogen and oxygen atoms in total. The summed E-state index contributed by atoms with van der Waals surface area (Å²) in [6.07, 6.45) is 10.3. The first-order valence-corrected chi connectivity index (χ1v) is 8.65. The average Bonchev–Trinajstić information content (AvgIpc) is 2.51. The maximum atomic E-state index is 11.4. The van der Waals surface area contributed by atoms with Gasteiger partial charge in [-0.1, -0.05) is 35.4 Å². The van der Waals surface area contributed by atoms with Crippen LogP contribution in [0.5, 0.6) is 0 Å². The fourth-order valence-corrected chi connectivity index (χ4v) is 1.94. The Balaban J connectivity index is -0.000000187. The molecule has 0 aromatic heterocycles. The first-order chi connectivity index (χ1) is 9.50. The number of amides is 1. The molecule has 0 rings (SSSR count). The lowest BCUT2D eigenvalue weighted by atomic mass is 10.3. The van der Waals surface area contributed by atoms with E-state index in [9.17, 15) is 9.59 Å². The highest BCUT2D eigenvalue weighted by molar-refractivity contribution is 8.76. The van der Waals surface area contributed by atoms with E-state index in [2.05, 4.69) is 12.8 Å². The number of carbonyl (C=O) groups excluding carboxylic acids is 1. The molecule has 0 bridgehead atoms. The molecule has 20 heavy (non-hydrogen) atoms. The Hall–Kier alpha value is -0.840. The van der Waals surface area contributed by atoms with E-state index >= 15 is 0 Å². The van der Waals surface area contributed by atoms with Crippen LogP contribution < -0.4 is 0 Å². The third kappa shape index (κ3) is 17.2. The summed E-state index contributed by atoms with van der Waals surface area (Å²) in [5, 5.41) is 15.7. The summed E-state index contributed by atoms with van der Waals surface area (Å²) in [6.45, 7) is 5.50. The predicted molar refractivity (Wildman–Crippen MR) is 89.8 cm³/mol. The highest BCUT2D eigenvalue weighted by atomic mass is 33.1. The zero-order valence-electron chi connectivity index (χ0n) is 13.1. The van der Waals surface area contributed by atoms with E-state index in [1.54, 1.807) is 21.6 Å². The summed E-state index contributed by atoms with van der Waals surface area (Å²) >= 11 is 0. The number of carboxylic acids is 1. The molecule has 120 valence electrons. The predicted octanol–water partition coefficient (Wildman–Crippen LogP) is 2.20. The van der Waals surface area contributed by atoms with Gasteiger partial charge in [-0.3, -0.25) is 4.79 Å². The third-order valence-corrected chi connectivity index (χ3v) is 3.66. The van der Waals surface area contributed by atoms with Gasteiger partial charge in [0.25, 0.3) is 0 Å². The van der Waals surface area contributed by atoms with Crippen molar-refractivity contribution < 1.29 is 19.8 Å². The van der Waals surface area contributed by atoms with Gasteiger partial charge >= 0.3 is 5.97 Å². The minimum absolute atomic E-state index is 0.124. The smallest absolute Gasteiger partial charge is 0.326 e. The highest BCUT2D eigenvalue weighted by Crippen LogP contribution is 2.17. The van der Waals surface area contributed by atoms with E-state index in [4.69, 9.17) is 10.2 Å². The molecule has 1 unspecified atom stereocenters. The fraction of sp³-hybridized carbons (Fsp3) is 0.692. The van der Waals surface area contributed by atoms with Crippen molar-refractivity contribution in [3.05, 3.63) is 0 Å². The van der Waals surface area contributed by atoms with Gasteiger partial charge in [0.15, 0.2) is 0 Å². The van der Waals surface area contributed by atoms with Crippen LogP contribution in [0.4, 0.5) is 0 Å². The number of hydrogen-bond acceptors (Lipinski definition) is 5. The van der Waals surface area contributed by atoms with Crippen LogP contribution in [0.15, 0.2) is 0 Å². The lowest BCUT2D eigenvalue weighted by molar-refractivity contribution is -0.148. The van der Waals surface area contributed by atoms with E-state index in [-0.39, 0.29) is 5.91 Å². The van der Waals surface area contributed by atoms with Gasteiger partial charge in [-0.15, -0.1) is 12.8 Å². The maximum Gasteiger partial charge on any atom is 0.326 e. The van der Waals surface area contributed by atoms with E-state index in [1.807, 2.05) is 20.1 Å². The van der Waals surface area contributed by atoms with Crippen LogP contribution in [0.1, 0.15) is 27.2 Å². The normalized spacial score (nSPS) is 9.25. The van der Waals surface area contributed by atoms with Crippen molar-refractivity contribution in [2.24, 2.45) is 0 Å². The van der Waals surface area contributed by atoms with Crippen LogP contribution in [0.2, 0.25) is 0 Å². The summed E-state index contributed by atoms with van der Waals surface area (Å²) < 4.78 is 0. The number of rotatable bonds is 6. The summed E-state index contributed by atoms with van der Waals surface area (Å²) in [4.78, 5) is 23.2. The van der Waals surface area contributed by atoms with Gasteiger partial charge in [0.05, 0.1) is 0 Å². The molecule has 0 heterocycles. The van der Waals surface area contributed by atoms with Gasteiger partial charge in [0.1, 0.15) is 6.04 Å². The second kappa shape index (κ2) is 23.3. The van der Waals surface area contributed by atoms with Crippen molar-refractivity contribution in [3.8, 4) is 12.8 Å². The monoisotopic (exact) mass is 325 g/mol. The summed E-state index contributed by atoms with van der Waals surface area (Å²) in [5.74, 6) is -0.378. The molecule has 0 aromatic rings. The van der Waals surface area contributed by atoms with E-state index in [0.717, 1.165) is 12.9 Å². The molecular weight excluding hydrogens is 298 g/mol. The SMILES string of the molecule is C#C.CC.CO.CSSCCC(=O)N(C)C(C)C(=O)O. The molecule has 7 heteroatoms.